The van der Waals surface area contributed by atoms with Crippen LogP contribution in [0.15, 0.2) is 23.4 Å². The summed E-state index contributed by atoms with van der Waals surface area (Å²) in [5, 5.41) is 2.45. The number of halogens is 1. The Labute approximate surface area is 149 Å². The number of hydrazine groups is 1. The van der Waals surface area contributed by atoms with Gasteiger partial charge in [0.05, 0.1) is 0 Å². The van der Waals surface area contributed by atoms with Crippen LogP contribution >= 0.6 is 12.4 Å². The fourth-order valence-electron chi connectivity index (χ4n) is 3.53. The van der Waals surface area contributed by atoms with E-state index < -0.39 is 0 Å². The lowest BCUT2D eigenvalue weighted by molar-refractivity contribution is 0.0875. The van der Waals surface area contributed by atoms with Gasteiger partial charge in [-0.05, 0) is 56.8 Å². The topological polar surface area (TPSA) is 18.5 Å². The van der Waals surface area contributed by atoms with Crippen LogP contribution in [0.2, 0.25) is 0 Å². The van der Waals surface area contributed by atoms with Crippen molar-refractivity contribution >= 4 is 12.4 Å². The molecule has 0 radical (unpaired) electrons. The third-order valence-corrected chi connectivity index (χ3v) is 5.01. The number of hydrogen-bond acceptors (Lipinski definition) is 3. The second kappa shape index (κ2) is 11.1. The number of nitrogens with one attached hydrogen (secondary N) is 1. The molecule has 0 aromatic carbocycles. The highest BCUT2D eigenvalue weighted by molar-refractivity contribution is 5.85. The number of allylic oxidation sites excluding steroid dienone is 2. The van der Waals surface area contributed by atoms with Gasteiger partial charge in [0.25, 0.3) is 0 Å². The Bertz CT molecular complexity index is 386. The monoisotopic (exact) mass is 341 g/mol. The molecule has 1 unspecified atom stereocenters. The Kier molecular flexibility index (Phi) is 9.92. The highest BCUT2D eigenvalue weighted by atomic mass is 35.5. The van der Waals surface area contributed by atoms with E-state index in [1.54, 1.807) is 5.57 Å². The summed E-state index contributed by atoms with van der Waals surface area (Å²) in [6.07, 6.45) is 15.6. The van der Waals surface area contributed by atoms with E-state index in [0.29, 0.717) is 6.17 Å². The van der Waals surface area contributed by atoms with Crippen molar-refractivity contribution in [3.63, 3.8) is 0 Å². The molecule has 134 valence electrons. The maximum atomic E-state index is 3.83. The molecule has 1 atom stereocenters. The van der Waals surface area contributed by atoms with E-state index in [1.807, 2.05) is 0 Å². The molecule has 0 bridgehead atoms. The van der Waals surface area contributed by atoms with Gasteiger partial charge in [-0.1, -0.05) is 32.6 Å². The standard InChI is InChI=1S/C19H35N3.ClH/c1-4-6-7-9-12-18-17(3)13-16-21(5-2)19(18)20-22-14-10-8-11-15-22;/h13,16,19-20H,4-12,14-15H2,1-3H3;1H. The molecule has 0 amide bonds. The Morgan fingerprint density at radius 2 is 1.83 bits per heavy atom. The van der Waals surface area contributed by atoms with Crippen LogP contribution in [0, 0.1) is 0 Å². The predicted molar refractivity (Wildman–Crippen MR) is 103 cm³/mol. The molecule has 0 aliphatic carbocycles. The maximum absolute atomic E-state index is 3.83. The summed E-state index contributed by atoms with van der Waals surface area (Å²) in [6.45, 7) is 10.3. The molecule has 2 aliphatic rings. The van der Waals surface area contributed by atoms with Gasteiger partial charge in [0.1, 0.15) is 6.17 Å². The molecule has 2 rings (SSSR count). The predicted octanol–water partition coefficient (Wildman–Crippen LogP) is 4.86. The molecule has 0 spiro atoms. The van der Waals surface area contributed by atoms with Crippen molar-refractivity contribution in [3.05, 3.63) is 23.4 Å². The van der Waals surface area contributed by atoms with Crippen LogP contribution in [0.5, 0.6) is 0 Å². The van der Waals surface area contributed by atoms with Crippen molar-refractivity contribution < 1.29 is 0 Å². The van der Waals surface area contributed by atoms with Crippen molar-refractivity contribution in [3.8, 4) is 0 Å². The van der Waals surface area contributed by atoms with E-state index in [9.17, 15) is 0 Å². The van der Waals surface area contributed by atoms with Crippen molar-refractivity contribution in [1.82, 2.24) is 15.3 Å². The van der Waals surface area contributed by atoms with Gasteiger partial charge in [-0.15, -0.1) is 12.4 Å². The minimum absolute atomic E-state index is 0. The SMILES string of the molecule is CCCCCCC1=C(C)C=CN(CC)C1NN1CCCCC1.Cl. The molecule has 0 aromatic heterocycles. The minimum atomic E-state index is 0. The first-order valence-electron chi connectivity index (χ1n) is 9.41. The summed E-state index contributed by atoms with van der Waals surface area (Å²) in [4.78, 5) is 2.46. The van der Waals surface area contributed by atoms with Crippen molar-refractivity contribution in [2.45, 2.75) is 78.3 Å². The Morgan fingerprint density at radius 3 is 2.48 bits per heavy atom. The first kappa shape index (κ1) is 20.5. The van der Waals surface area contributed by atoms with Crippen LogP contribution < -0.4 is 5.43 Å². The summed E-state index contributed by atoms with van der Waals surface area (Å²) >= 11 is 0. The molecular weight excluding hydrogens is 306 g/mol. The fraction of sp³-hybridized carbons (Fsp3) is 0.789. The summed E-state index contributed by atoms with van der Waals surface area (Å²) in [5.41, 5.74) is 6.90. The lowest BCUT2D eigenvalue weighted by atomic mass is 9.96. The van der Waals surface area contributed by atoms with Gasteiger partial charge < -0.3 is 4.90 Å². The third kappa shape index (κ3) is 6.13. The van der Waals surface area contributed by atoms with E-state index in [4.69, 9.17) is 0 Å². The molecule has 1 N–H and O–H groups in total. The normalized spacial score (nSPS) is 22.4. The molecule has 1 saturated heterocycles. The van der Waals surface area contributed by atoms with Gasteiger partial charge >= 0.3 is 0 Å². The summed E-state index contributed by atoms with van der Waals surface area (Å²) < 4.78 is 0. The Balaban J connectivity index is 0.00000264. The summed E-state index contributed by atoms with van der Waals surface area (Å²) in [5.74, 6) is 0. The smallest absolute Gasteiger partial charge is 0.114 e. The number of nitrogens with zero attached hydrogens (tertiary/aromatic N) is 2. The van der Waals surface area contributed by atoms with Gasteiger partial charge in [-0.3, -0.25) is 0 Å². The lowest BCUT2D eigenvalue weighted by Gasteiger charge is -2.40. The molecule has 2 aliphatic heterocycles. The summed E-state index contributed by atoms with van der Waals surface area (Å²) in [6, 6.07) is 0. The number of hydrogen-bond donors (Lipinski definition) is 1. The van der Waals surface area contributed by atoms with Crippen LogP contribution in [-0.2, 0) is 0 Å². The van der Waals surface area contributed by atoms with E-state index in [-0.39, 0.29) is 12.4 Å². The van der Waals surface area contributed by atoms with Crippen molar-refractivity contribution in [2.75, 3.05) is 19.6 Å². The average Bonchev–Trinajstić information content (AvgIpc) is 2.55. The zero-order chi connectivity index (χ0) is 15.8. The fourth-order valence-corrected chi connectivity index (χ4v) is 3.53. The molecule has 23 heavy (non-hydrogen) atoms. The number of rotatable bonds is 8. The van der Waals surface area contributed by atoms with Gasteiger partial charge in [0, 0.05) is 25.8 Å². The van der Waals surface area contributed by atoms with E-state index >= 15 is 0 Å². The molecule has 4 heteroatoms. The van der Waals surface area contributed by atoms with Crippen molar-refractivity contribution in [2.24, 2.45) is 0 Å². The second-order valence-electron chi connectivity index (χ2n) is 6.74. The van der Waals surface area contributed by atoms with Crippen LogP contribution in [0.4, 0.5) is 0 Å². The van der Waals surface area contributed by atoms with E-state index in [2.05, 4.69) is 48.4 Å². The second-order valence-corrected chi connectivity index (χ2v) is 6.74. The average molecular weight is 342 g/mol. The Morgan fingerprint density at radius 1 is 1.09 bits per heavy atom. The Hall–Kier alpha value is -0.510. The molecule has 0 aromatic rings. The minimum Gasteiger partial charge on any atom is -0.358 e. The van der Waals surface area contributed by atoms with E-state index in [0.717, 1.165) is 6.54 Å². The maximum Gasteiger partial charge on any atom is 0.114 e. The molecule has 2 heterocycles. The van der Waals surface area contributed by atoms with Gasteiger partial charge in [0.2, 0.25) is 0 Å². The van der Waals surface area contributed by atoms with E-state index in [1.165, 1.54) is 70.0 Å². The number of unbranched alkanes of at least 4 members (excludes halogenated alkanes) is 3. The highest BCUT2D eigenvalue weighted by Crippen LogP contribution is 2.26. The first-order chi connectivity index (χ1) is 10.8. The van der Waals surface area contributed by atoms with Crippen LogP contribution in [-0.4, -0.2) is 35.7 Å². The third-order valence-electron chi connectivity index (χ3n) is 5.01. The van der Waals surface area contributed by atoms with Crippen LogP contribution in [0.1, 0.15) is 72.1 Å². The largest absolute Gasteiger partial charge is 0.358 e. The molecule has 1 fully saturated rings. The quantitative estimate of drug-likeness (QED) is 0.636. The zero-order valence-corrected chi connectivity index (χ0v) is 16.1. The highest BCUT2D eigenvalue weighted by Gasteiger charge is 2.25. The number of likely N-dealkylation sites (N-methyl/N-ethyl adjacent to an activating group) is 1. The lowest BCUT2D eigenvalue weighted by Crippen LogP contribution is -2.54. The van der Waals surface area contributed by atoms with Gasteiger partial charge in [0.15, 0.2) is 0 Å². The van der Waals surface area contributed by atoms with Crippen molar-refractivity contribution in [1.29, 1.82) is 0 Å². The molecule has 3 nitrogen and oxygen atoms in total. The zero-order valence-electron chi connectivity index (χ0n) is 15.3. The molecular formula is C19H36ClN3. The van der Waals surface area contributed by atoms with Crippen LogP contribution in [0.3, 0.4) is 0 Å². The molecule has 0 saturated carbocycles. The van der Waals surface area contributed by atoms with Crippen LogP contribution in [0.25, 0.3) is 0 Å². The van der Waals surface area contributed by atoms with Gasteiger partial charge in [-0.25, -0.2) is 10.4 Å². The first-order valence-corrected chi connectivity index (χ1v) is 9.41. The van der Waals surface area contributed by atoms with Gasteiger partial charge in [-0.2, -0.15) is 0 Å². The number of piperidine rings is 1. The summed E-state index contributed by atoms with van der Waals surface area (Å²) in [7, 11) is 0.